The number of methoxy groups -OCH3 is 2. The van der Waals surface area contributed by atoms with Crippen molar-refractivity contribution in [3.63, 3.8) is 0 Å². The summed E-state index contributed by atoms with van der Waals surface area (Å²) in [6, 6.07) is 5.91. The molecule has 0 saturated heterocycles. The van der Waals surface area contributed by atoms with Crippen LogP contribution in [0.15, 0.2) is 18.2 Å². The van der Waals surface area contributed by atoms with Crippen molar-refractivity contribution in [2.24, 2.45) is 0 Å². The van der Waals surface area contributed by atoms with Crippen LogP contribution in [-0.4, -0.2) is 20.0 Å². The van der Waals surface area contributed by atoms with Crippen LogP contribution in [0.3, 0.4) is 0 Å². The van der Waals surface area contributed by atoms with Crippen molar-refractivity contribution < 1.29 is 9.47 Å². The summed E-state index contributed by atoms with van der Waals surface area (Å²) in [7, 11) is 3.38. The van der Waals surface area contributed by atoms with E-state index in [2.05, 4.69) is 12.6 Å². The van der Waals surface area contributed by atoms with E-state index in [1.807, 2.05) is 18.2 Å². The minimum atomic E-state index is 0.886. The number of ether oxygens (including phenoxy) is 2. The summed E-state index contributed by atoms with van der Waals surface area (Å²) >= 11 is 4.20. The van der Waals surface area contributed by atoms with E-state index in [1.54, 1.807) is 14.2 Å². The molecule has 1 aromatic rings. The number of hydrogen-bond acceptors (Lipinski definition) is 3. The number of thiol groups is 1. The molecule has 0 heterocycles. The van der Waals surface area contributed by atoms with Crippen LogP contribution in [0.1, 0.15) is 18.4 Å². The van der Waals surface area contributed by atoms with Gasteiger partial charge in [0, 0.05) is 0 Å². The Kier molecular flexibility index (Phi) is 5.40. The molecule has 0 saturated carbocycles. The van der Waals surface area contributed by atoms with E-state index >= 15 is 0 Å². The maximum absolute atomic E-state index is 5.30. The fourth-order valence-electron chi connectivity index (χ4n) is 1.50. The Morgan fingerprint density at radius 1 is 1.13 bits per heavy atom. The van der Waals surface area contributed by atoms with Gasteiger partial charge in [0.2, 0.25) is 0 Å². The molecule has 0 atom stereocenters. The molecule has 0 N–H and O–H groups in total. The highest BCUT2D eigenvalue weighted by Crippen LogP contribution is 2.25. The topological polar surface area (TPSA) is 18.5 Å². The minimum absolute atomic E-state index is 0.886. The molecule has 15 heavy (non-hydrogen) atoms. The lowest BCUT2D eigenvalue weighted by atomic mass is 10.1. The number of hydrogen-bond donors (Lipinski definition) is 1. The first-order chi connectivity index (χ1) is 7.31. The van der Waals surface area contributed by atoms with Crippen molar-refractivity contribution in [1.29, 1.82) is 0 Å². The first-order valence-electron chi connectivity index (χ1n) is 5.13. The molecule has 0 unspecified atom stereocenters. The number of rotatable bonds is 6. The lowest BCUT2D eigenvalue weighted by Crippen LogP contribution is -1.94. The third-order valence-corrected chi connectivity index (χ3v) is 2.66. The van der Waals surface area contributed by atoms with Crippen molar-refractivity contribution in [3.05, 3.63) is 23.8 Å². The fourth-order valence-corrected chi connectivity index (χ4v) is 1.73. The van der Waals surface area contributed by atoms with Gasteiger partial charge >= 0.3 is 0 Å². The van der Waals surface area contributed by atoms with Gasteiger partial charge in [-0.05, 0) is 48.8 Å². The third-order valence-electron chi connectivity index (χ3n) is 2.34. The summed E-state index contributed by atoms with van der Waals surface area (Å²) in [6.07, 6.45) is 3.28. The van der Waals surface area contributed by atoms with Crippen LogP contribution < -0.4 is 9.47 Å². The smallest absolute Gasteiger partial charge is 0.122 e. The standard InChI is InChI=1S/C12H18O2S/c1-13-11-6-7-12(14-2)10(9-11)5-3-4-8-15/h6-7,9,15H,3-5,8H2,1-2H3. The highest BCUT2D eigenvalue weighted by atomic mass is 32.1. The highest BCUT2D eigenvalue weighted by molar-refractivity contribution is 7.80. The predicted octanol–water partition coefficient (Wildman–Crippen LogP) is 2.96. The van der Waals surface area contributed by atoms with E-state index in [9.17, 15) is 0 Å². The molecular weight excluding hydrogens is 208 g/mol. The van der Waals surface area contributed by atoms with Crippen LogP contribution in [0.25, 0.3) is 0 Å². The first-order valence-corrected chi connectivity index (χ1v) is 5.77. The van der Waals surface area contributed by atoms with E-state index in [4.69, 9.17) is 9.47 Å². The molecule has 0 bridgehead atoms. The summed E-state index contributed by atoms with van der Waals surface area (Å²) < 4.78 is 10.5. The third kappa shape index (κ3) is 3.67. The van der Waals surface area contributed by atoms with Crippen molar-refractivity contribution >= 4 is 12.6 Å². The van der Waals surface area contributed by atoms with E-state index in [0.29, 0.717) is 0 Å². The van der Waals surface area contributed by atoms with Crippen LogP contribution in [0.2, 0.25) is 0 Å². The Hall–Kier alpha value is -0.830. The Morgan fingerprint density at radius 3 is 2.53 bits per heavy atom. The van der Waals surface area contributed by atoms with E-state index < -0.39 is 0 Å². The van der Waals surface area contributed by atoms with Crippen molar-refractivity contribution in [1.82, 2.24) is 0 Å². The molecule has 0 spiro atoms. The van der Waals surface area contributed by atoms with Gasteiger partial charge in [0.1, 0.15) is 11.5 Å². The van der Waals surface area contributed by atoms with Crippen LogP contribution in [0.4, 0.5) is 0 Å². The van der Waals surface area contributed by atoms with Gasteiger partial charge in [0.15, 0.2) is 0 Å². The molecule has 0 aliphatic rings. The summed E-state index contributed by atoms with van der Waals surface area (Å²) in [6.45, 7) is 0. The van der Waals surface area contributed by atoms with Crippen LogP contribution in [-0.2, 0) is 6.42 Å². The van der Waals surface area contributed by atoms with Crippen LogP contribution in [0, 0.1) is 0 Å². The van der Waals surface area contributed by atoms with Crippen molar-refractivity contribution in [2.75, 3.05) is 20.0 Å². The molecule has 0 aliphatic carbocycles. The molecule has 84 valence electrons. The van der Waals surface area contributed by atoms with Gasteiger partial charge in [0.05, 0.1) is 14.2 Å². The molecule has 0 fully saturated rings. The maximum Gasteiger partial charge on any atom is 0.122 e. The second kappa shape index (κ2) is 6.62. The maximum atomic E-state index is 5.30. The number of benzene rings is 1. The summed E-state index contributed by atoms with van der Waals surface area (Å²) in [5.74, 6) is 2.76. The fraction of sp³-hybridized carbons (Fsp3) is 0.500. The molecule has 2 nitrogen and oxygen atoms in total. The first kappa shape index (κ1) is 12.2. The molecule has 0 aromatic heterocycles. The lowest BCUT2D eigenvalue weighted by molar-refractivity contribution is 0.398. The van der Waals surface area contributed by atoms with Crippen LogP contribution in [0.5, 0.6) is 11.5 Å². The zero-order valence-electron chi connectivity index (χ0n) is 9.32. The van der Waals surface area contributed by atoms with Crippen molar-refractivity contribution in [2.45, 2.75) is 19.3 Å². The van der Waals surface area contributed by atoms with E-state index in [-0.39, 0.29) is 0 Å². The van der Waals surface area contributed by atoms with Crippen molar-refractivity contribution in [3.8, 4) is 11.5 Å². The Labute approximate surface area is 97.0 Å². The number of aryl methyl sites for hydroxylation is 1. The molecule has 1 rings (SSSR count). The molecule has 1 aromatic carbocycles. The Balaban J connectivity index is 2.72. The second-order valence-electron chi connectivity index (χ2n) is 3.36. The number of unbranched alkanes of at least 4 members (excludes halogenated alkanes) is 1. The zero-order chi connectivity index (χ0) is 11.1. The Bertz CT molecular complexity index is 300. The van der Waals surface area contributed by atoms with Crippen LogP contribution >= 0.6 is 12.6 Å². The monoisotopic (exact) mass is 226 g/mol. The molecule has 0 amide bonds. The largest absolute Gasteiger partial charge is 0.497 e. The molecule has 0 radical (unpaired) electrons. The SMILES string of the molecule is COc1ccc(OC)c(CCCCS)c1. The Morgan fingerprint density at radius 2 is 1.93 bits per heavy atom. The normalized spacial score (nSPS) is 10.1. The lowest BCUT2D eigenvalue weighted by Gasteiger charge is -2.09. The van der Waals surface area contributed by atoms with Gasteiger partial charge in [-0.15, -0.1) is 0 Å². The van der Waals surface area contributed by atoms with E-state index in [0.717, 1.165) is 36.5 Å². The zero-order valence-corrected chi connectivity index (χ0v) is 10.2. The summed E-state index contributed by atoms with van der Waals surface area (Å²) in [5.41, 5.74) is 1.21. The quantitative estimate of drug-likeness (QED) is 0.594. The summed E-state index contributed by atoms with van der Waals surface area (Å²) in [5, 5.41) is 0. The molecule has 3 heteroatoms. The van der Waals surface area contributed by atoms with E-state index in [1.165, 1.54) is 5.56 Å². The van der Waals surface area contributed by atoms with Gasteiger partial charge in [-0.2, -0.15) is 12.6 Å². The highest BCUT2D eigenvalue weighted by Gasteiger charge is 2.04. The average Bonchev–Trinajstić information content (AvgIpc) is 2.29. The summed E-state index contributed by atoms with van der Waals surface area (Å²) in [4.78, 5) is 0. The van der Waals surface area contributed by atoms with Gasteiger partial charge in [-0.25, -0.2) is 0 Å². The predicted molar refractivity (Wildman–Crippen MR) is 66.3 cm³/mol. The molecular formula is C12H18O2S. The second-order valence-corrected chi connectivity index (χ2v) is 3.81. The van der Waals surface area contributed by atoms with Gasteiger partial charge in [0.25, 0.3) is 0 Å². The molecule has 0 aliphatic heterocycles. The van der Waals surface area contributed by atoms with Gasteiger partial charge in [-0.3, -0.25) is 0 Å². The average molecular weight is 226 g/mol. The van der Waals surface area contributed by atoms with Gasteiger partial charge < -0.3 is 9.47 Å². The minimum Gasteiger partial charge on any atom is -0.497 e. The van der Waals surface area contributed by atoms with Gasteiger partial charge in [-0.1, -0.05) is 0 Å².